The van der Waals surface area contributed by atoms with Crippen LogP contribution in [0.25, 0.3) is 0 Å². The number of hydrogen-bond acceptors (Lipinski definition) is 3. The molecule has 1 saturated heterocycles. The minimum absolute atomic E-state index is 0.0190. The van der Waals surface area contributed by atoms with Gasteiger partial charge in [-0.05, 0) is 31.6 Å². The molecule has 2 fully saturated rings. The number of hydrogen-bond donors (Lipinski definition) is 3. The van der Waals surface area contributed by atoms with Crippen molar-refractivity contribution < 1.29 is 14.7 Å². The summed E-state index contributed by atoms with van der Waals surface area (Å²) in [4.78, 5) is 22.7. The van der Waals surface area contributed by atoms with E-state index in [0.29, 0.717) is 25.4 Å². The van der Waals surface area contributed by atoms with E-state index in [1.165, 1.54) is 0 Å². The van der Waals surface area contributed by atoms with Crippen molar-refractivity contribution in [2.24, 2.45) is 11.8 Å². The molecule has 1 unspecified atom stereocenters. The van der Waals surface area contributed by atoms with E-state index in [1.54, 1.807) is 0 Å². The average Bonchev–Trinajstić information content (AvgIpc) is 2.75. The van der Waals surface area contributed by atoms with Crippen molar-refractivity contribution in [3.8, 4) is 0 Å². The van der Waals surface area contributed by atoms with Gasteiger partial charge in [-0.25, -0.2) is 0 Å². The first kappa shape index (κ1) is 12.4. The van der Waals surface area contributed by atoms with E-state index >= 15 is 0 Å². The van der Waals surface area contributed by atoms with E-state index in [2.05, 4.69) is 10.6 Å². The Hall–Kier alpha value is -1.10. The molecular formula is C12H20N2O3. The maximum atomic E-state index is 11.7. The van der Waals surface area contributed by atoms with E-state index in [0.717, 1.165) is 25.7 Å². The van der Waals surface area contributed by atoms with Gasteiger partial charge in [-0.2, -0.15) is 0 Å². The molecule has 0 spiro atoms. The molecule has 1 heterocycles. The number of carbonyl (C=O) groups is 2. The molecule has 5 nitrogen and oxygen atoms in total. The first-order chi connectivity index (χ1) is 8.15. The smallest absolute Gasteiger partial charge is 0.225 e. The summed E-state index contributed by atoms with van der Waals surface area (Å²) in [7, 11) is 0. The second-order valence-electron chi connectivity index (χ2n) is 5.12. The molecule has 1 aliphatic carbocycles. The number of aliphatic hydroxyl groups excluding tert-OH is 1. The van der Waals surface area contributed by atoms with Crippen LogP contribution >= 0.6 is 0 Å². The lowest BCUT2D eigenvalue weighted by Gasteiger charge is -2.25. The van der Waals surface area contributed by atoms with Crippen molar-refractivity contribution >= 4 is 11.8 Å². The first-order valence-corrected chi connectivity index (χ1v) is 6.37. The highest BCUT2D eigenvalue weighted by Crippen LogP contribution is 2.23. The third-order valence-corrected chi connectivity index (χ3v) is 3.73. The largest absolute Gasteiger partial charge is 0.393 e. The number of carbonyl (C=O) groups excluding carboxylic acids is 2. The number of nitrogens with one attached hydrogen (secondary N) is 2. The summed E-state index contributed by atoms with van der Waals surface area (Å²) in [6.07, 6.45) is 3.79. The van der Waals surface area contributed by atoms with E-state index in [1.807, 2.05) is 0 Å². The second kappa shape index (κ2) is 5.49. The van der Waals surface area contributed by atoms with E-state index in [4.69, 9.17) is 0 Å². The van der Waals surface area contributed by atoms with Crippen LogP contribution in [-0.4, -0.2) is 36.1 Å². The summed E-state index contributed by atoms with van der Waals surface area (Å²) >= 11 is 0. The van der Waals surface area contributed by atoms with Crippen molar-refractivity contribution in [1.82, 2.24) is 10.6 Å². The molecule has 1 saturated carbocycles. The van der Waals surface area contributed by atoms with Crippen LogP contribution in [0.2, 0.25) is 0 Å². The van der Waals surface area contributed by atoms with Crippen molar-refractivity contribution in [3.05, 3.63) is 0 Å². The fourth-order valence-electron chi connectivity index (χ4n) is 2.53. The lowest BCUT2D eigenvalue weighted by molar-refractivity contribution is -0.126. The maximum Gasteiger partial charge on any atom is 0.225 e. The Morgan fingerprint density at radius 2 is 2.06 bits per heavy atom. The average molecular weight is 240 g/mol. The topological polar surface area (TPSA) is 78.4 Å². The van der Waals surface area contributed by atoms with Crippen molar-refractivity contribution in [2.45, 2.75) is 38.2 Å². The highest BCUT2D eigenvalue weighted by Gasteiger charge is 2.28. The zero-order valence-corrected chi connectivity index (χ0v) is 9.95. The Bertz CT molecular complexity index is 298. The quantitative estimate of drug-likeness (QED) is 0.638. The van der Waals surface area contributed by atoms with Crippen LogP contribution in [0, 0.1) is 11.8 Å². The van der Waals surface area contributed by atoms with Crippen LogP contribution in [0.4, 0.5) is 0 Å². The highest BCUT2D eigenvalue weighted by molar-refractivity contribution is 5.89. The molecular weight excluding hydrogens is 220 g/mol. The van der Waals surface area contributed by atoms with Gasteiger partial charge in [-0.1, -0.05) is 0 Å². The van der Waals surface area contributed by atoms with Crippen molar-refractivity contribution in [2.75, 3.05) is 13.1 Å². The zero-order valence-electron chi connectivity index (χ0n) is 9.95. The van der Waals surface area contributed by atoms with Crippen LogP contribution in [0.5, 0.6) is 0 Å². The van der Waals surface area contributed by atoms with Crippen LogP contribution in [0.1, 0.15) is 32.1 Å². The van der Waals surface area contributed by atoms with Gasteiger partial charge in [-0.3, -0.25) is 9.59 Å². The SMILES string of the molecule is O=C1CC(C(=O)NCC2CCC(O)CC2)CN1. The standard InChI is InChI=1S/C12H20N2O3/c15-10-3-1-8(2-4-10)6-14-12(17)9-5-11(16)13-7-9/h8-10,15H,1-7H2,(H,13,16)(H,14,17). The summed E-state index contributed by atoms with van der Waals surface area (Å²) < 4.78 is 0. The summed E-state index contributed by atoms with van der Waals surface area (Å²) in [5.41, 5.74) is 0. The molecule has 2 rings (SSSR count). The molecule has 2 aliphatic rings. The Balaban J connectivity index is 1.67. The number of amides is 2. The molecule has 96 valence electrons. The fraction of sp³-hybridized carbons (Fsp3) is 0.833. The molecule has 1 aliphatic heterocycles. The number of rotatable bonds is 3. The number of aliphatic hydroxyl groups is 1. The van der Waals surface area contributed by atoms with Gasteiger partial charge >= 0.3 is 0 Å². The maximum absolute atomic E-state index is 11.7. The lowest BCUT2D eigenvalue weighted by atomic mass is 9.87. The third-order valence-electron chi connectivity index (χ3n) is 3.73. The summed E-state index contributed by atoms with van der Waals surface area (Å²) in [5, 5.41) is 15.0. The van der Waals surface area contributed by atoms with Gasteiger partial charge in [0.15, 0.2) is 0 Å². The van der Waals surface area contributed by atoms with E-state index in [-0.39, 0.29) is 23.8 Å². The molecule has 5 heteroatoms. The first-order valence-electron chi connectivity index (χ1n) is 6.37. The Kier molecular flexibility index (Phi) is 3.99. The van der Waals surface area contributed by atoms with Crippen molar-refractivity contribution in [1.29, 1.82) is 0 Å². The Morgan fingerprint density at radius 3 is 2.65 bits per heavy atom. The molecule has 17 heavy (non-hydrogen) atoms. The van der Waals surface area contributed by atoms with Gasteiger partial charge in [0, 0.05) is 19.5 Å². The lowest BCUT2D eigenvalue weighted by Crippen LogP contribution is -2.36. The van der Waals surface area contributed by atoms with Crippen LogP contribution in [-0.2, 0) is 9.59 Å². The van der Waals surface area contributed by atoms with E-state index in [9.17, 15) is 14.7 Å². The van der Waals surface area contributed by atoms with Gasteiger partial charge in [0.05, 0.1) is 12.0 Å². The van der Waals surface area contributed by atoms with Crippen LogP contribution in [0.3, 0.4) is 0 Å². The van der Waals surface area contributed by atoms with Gasteiger partial charge < -0.3 is 15.7 Å². The predicted octanol–water partition coefficient (Wildman–Crippen LogP) is -0.210. The van der Waals surface area contributed by atoms with E-state index < -0.39 is 0 Å². The van der Waals surface area contributed by atoms with Crippen LogP contribution in [0.15, 0.2) is 0 Å². The molecule has 2 amide bonds. The highest BCUT2D eigenvalue weighted by atomic mass is 16.3. The molecule has 0 aromatic heterocycles. The summed E-state index contributed by atoms with van der Waals surface area (Å²) in [5.74, 6) is 0.226. The Morgan fingerprint density at radius 1 is 1.35 bits per heavy atom. The van der Waals surface area contributed by atoms with Crippen molar-refractivity contribution in [3.63, 3.8) is 0 Å². The predicted molar refractivity (Wildman–Crippen MR) is 62.1 cm³/mol. The zero-order chi connectivity index (χ0) is 12.3. The van der Waals surface area contributed by atoms with Gasteiger partial charge in [0.25, 0.3) is 0 Å². The molecule has 0 aromatic rings. The normalized spacial score (nSPS) is 33.2. The molecule has 0 bridgehead atoms. The molecule has 0 radical (unpaired) electrons. The molecule has 1 atom stereocenters. The monoisotopic (exact) mass is 240 g/mol. The van der Waals surface area contributed by atoms with Gasteiger partial charge in [-0.15, -0.1) is 0 Å². The summed E-state index contributed by atoms with van der Waals surface area (Å²) in [6, 6.07) is 0. The minimum atomic E-state index is -0.198. The van der Waals surface area contributed by atoms with Gasteiger partial charge in [0.1, 0.15) is 0 Å². The second-order valence-corrected chi connectivity index (χ2v) is 5.12. The molecule has 0 aromatic carbocycles. The summed E-state index contributed by atoms with van der Waals surface area (Å²) in [6.45, 7) is 1.14. The fourth-order valence-corrected chi connectivity index (χ4v) is 2.53. The third kappa shape index (κ3) is 3.43. The van der Waals surface area contributed by atoms with Crippen LogP contribution < -0.4 is 10.6 Å². The Labute approximate surface area is 101 Å². The molecule has 3 N–H and O–H groups in total. The van der Waals surface area contributed by atoms with Gasteiger partial charge in [0.2, 0.25) is 11.8 Å². The minimum Gasteiger partial charge on any atom is -0.393 e.